The molecule has 1 aliphatic heterocycles. The number of hydrogen-bond donors (Lipinski definition) is 0. The molecule has 1 aliphatic carbocycles. The summed E-state index contributed by atoms with van der Waals surface area (Å²) in [6.45, 7) is 0.534. The van der Waals surface area contributed by atoms with E-state index in [0.717, 1.165) is 23.9 Å². The molecular formula is C19H19N3O2. The molecule has 2 fully saturated rings. The summed E-state index contributed by atoms with van der Waals surface area (Å²) in [5.41, 5.74) is 2.31. The van der Waals surface area contributed by atoms with Crippen LogP contribution in [0, 0.1) is 5.92 Å². The molecule has 122 valence electrons. The molecule has 4 rings (SSSR count). The second kappa shape index (κ2) is 6.15. The van der Waals surface area contributed by atoms with E-state index >= 15 is 0 Å². The molecule has 1 atom stereocenters. The fourth-order valence-electron chi connectivity index (χ4n) is 3.34. The summed E-state index contributed by atoms with van der Waals surface area (Å²) in [6, 6.07) is 7.74. The zero-order valence-corrected chi connectivity index (χ0v) is 13.4. The third-order valence-electron chi connectivity index (χ3n) is 4.78. The number of hydrogen-bond acceptors (Lipinski definition) is 4. The molecule has 5 nitrogen and oxygen atoms in total. The van der Waals surface area contributed by atoms with E-state index in [2.05, 4.69) is 9.97 Å². The molecule has 1 amide bonds. The van der Waals surface area contributed by atoms with Crippen molar-refractivity contribution in [1.29, 1.82) is 0 Å². The van der Waals surface area contributed by atoms with Gasteiger partial charge in [-0.2, -0.15) is 0 Å². The second-order valence-electron chi connectivity index (χ2n) is 6.55. The van der Waals surface area contributed by atoms with Crippen LogP contribution in [0.1, 0.15) is 31.4 Å². The Morgan fingerprint density at radius 2 is 2.00 bits per heavy atom. The van der Waals surface area contributed by atoms with Crippen molar-refractivity contribution in [2.24, 2.45) is 5.92 Å². The van der Waals surface area contributed by atoms with Crippen molar-refractivity contribution in [2.75, 3.05) is 6.54 Å². The second-order valence-corrected chi connectivity index (χ2v) is 6.55. The zero-order chi connectivity index (χ0) is 16.5. The van der Waals surface area contributed by atoms with E-state index < -0.39 is 0 Å². The van der Waals surface area contributed by atoms with Gasteiger partial charge in [-0.05, 0) is 37.0 Å². The normalized spacial score (nSPS) is 21.6. The number of benzene rings is 1. The summed E-state index contributed by atoms with van der Waals surface area (Å²) >= 11 is 0. The van der Waals surface area contributed by atoms with Gasteiger partial charge in [0.25, 0.3) is 0 Å². The number of amides is 1. The van der Waals surface area contributed by atoms with Gasteiger partial charge in [0.15, 0.2) is 0 Å². The minimum atomic E-state index is -0.0330. The Kier molecular flexibility index (Phi) is 3.84. The smallest absolute Gasteiger partial charge is 0.246 e. The van der Waals surface area contributed by atoms with Gasteiger partial charge in [-0.15, -0.1) is 0 Å². The molecule has 1 saturated carbocycles. The molecule has 5 heteroatoms. The number of Topliss-reactive ketones (excluding diaryl/α,β-unsaturated/α-hetero) is 1. The van der Waals surface area contributed by atoms with Crippen LogP contribution in [0.2, 0.25) is 0 Å². The van der Waals surface area contributed by atoms with Crippen LogP contribution in [0.15, 0.2) is 36.5 Å². The quantitative estimate of drug-likeness (QED) is 0.815. The van der Waals surface area contributed by atoms with E-state index in [-0.39, 0.29) is 17.7 Å². The lowest BCUT2D eigenvalue weighted by atomic mass is 9.97. The number of carbonyl (C=O) groups excluding carboxylic acids is 2. The lowest BCUT2D eigenvalue weighted by Gasteiger charge is -2.34. The van der Waals surface area contributed by atoms with Crippen LogP contribution in [0.5, 0.6) is 0 Å². The number of likely N-dealkylation sites (tertiary alicyclic amines) is 1. The lowest BCUT2D eigenvalue weighted by molar-refractivity contribution is -0.134. The summed E-state index contributed by atoms with van der Waals surface area (Å²) in [5, 5.41) is 0. The summed E-state index contributed by atoms with van der Waals surface area (Å²) in [7, 11) is 0. The largest absolute Gasteiger partial charge is 0.335 e. The van der Waals surface area contributed by atoms with Crippen LogP contribution >= 0.6 is 0 Å². The number of fused-ring (bicyclic) bond motifs is 1. The average molecular weight is 321 g/mol. The van der Waals surface area contributed by atoms with Crippen molar-refractivity contribution < 1.29 is 9.59 Å². The Bertz CT molecular complexity index is 826. The van der Waals surface area contributed by atoms with Gasteiger partial charge in [0.05, 0.1) is 22.9 Å². The Labute approximate surface area is 140 Å². The number of rotatable bonds is 3. The molecule has 24 heavy (non-hydrogen) atoms. The van der Waals surface area contributed by atoms with Crippen molar-refractivity contribution in [3.63, 3.8) is 0 Å². The molecular weight excluding hydrogens is 302 g/mol. The van der Waals surface area contributed by atoms with Gasteiger partial charge >= 0.3 is 0 Å². The maximum absolute atomic E-state index is 12.6. The van der Waals surface area contributed by atoms with Crippen LogP contribution in [0.25, 0.3) is 17.1 Å². The molecule has 1 aromatic carbocycles. The number of nitrogens with zero attached hydrogens (tertiary/aromatic N) is 3. The van der Waals surface area contributed by atoms with E-state index in [4.69, 9.17) is 0 Å². The molecule has 2 heterocycles. The molecule has 0 bridgehead atoms. The topological polar surface area (TPSA) is 63.2 Å². The summed E-state index contributed by atoms with van der Waals surface area (Å²) in [6.07, 6.45) is 8.18. The van der Waals surface area contributed by atoms with E-state index in [9.17, 15) is 9.59 Å². The number of aromatic nitrogens is 2. The minimum Gasteiger partial charge on any atom is -0.335 e. The number of ketones is 1. The highest BCUT2D eigenvalue weighted by Crippen LogP contribution is 2.38. The maximum Gasteiger partial charge on any atom is 0.246 e. The first kappa shape index (κ1) is 15.0. The third kappa shape index (κ3) is 3.07. The highest BCUT2D eigenvalue weighted by atomic mass is 16.2. The standard InChI is InChI=1S/C19H19N3O2/c23-15-9-10-22(18(11-15)13-5-6-13)19(24)8-7-14-12-20-16-3-1-2-4-17(16)21-14/h1-4,7-8,12-13,18H,5-6,9-11H2. The fourth-order valence-corrected chi connectivity index (χ4v) is 3.34. The van der Waals surface area contributed by atoms with Crippen molar-refractivity contribution in [1.82, 2.24) is 14.9 Å². The maximum atomic E-state index is 12.6. The van der Waals surface area contributed by atoms with Gasteiger partial charge < -0.3 is 4.90 Å². The van der Waals surface area contributed by atoms with Gasteiger partial charge in [0, 0.05) is 31.5 Å². The number of carbonyl (C=O) groups is 2. The molecule has 1 unspecified atom stereocenters. The van der Waals surface area contributed by atoms with Gasteiger partial charge in [0.2, 0.25) is 5.91 Å². The number of piperidine rings is 1. The predicted molar refractivity (Wildman–Crippen MR) is 91.0 cm³/mol. The SMILES string of the molecule is O=C1CCN(C(=O)C=Cc2cnc3ccccc3n2)C(C2CC2)C1. The van der Waals surface area contributed by atoms with E-state index in [1.54, 1.807) is 18.3 Å². The molecule has 0 spiro atoms. The van der Waals surface area contributed by atoms with Gasteiger partial charge in [-0.3, -0.25) is 14.6 Å². The van der Waals surface area contributed by atoms with E-state index in [0.29, 0.717) is 31.0 Å². The summed E-state index contributed by atoms with van der Waals surface area (Å²) in [5.74, 6) is 0.752. The van der Waals surface area contributed by atoms with Crippen LogP contribution in [-0.4, -0.2) is 39.1 Å². The van der Waals surface area contributed by atoms with Crippen LogP contribution in [-0.2, 0) is 9.59 Å². The Balaban J connectivity index is 1.51. The Hall–Kier alpha value is -2.56. The Morgan fingerprint density at radius 3 is 2.79 bits per heavy atom. The molecule has 0 N–H and O–H groups in total. The van der Waals surface area contributed by atoms with E-state index in [1.165, 1.54) is 0 Å². The molecule has 0 radical (unpaired) electrons. The fraction of sp³-hybridized carbons (Fsp3) is 0.368. The Morgan fingerprint density at radius 1 is 1.21 bits per heavy atom. The monoisotopic (exact) mass is 321 g/mol. The van der Waals surface area contributed by atoms with Crippen molar-refractivity contribution in [2.45, 2.75) is 31.7 Å². The highest BCUT2D eigenvalue weighted by Gasteiger charge is 2.40. The lowest BCUT2D eigenvalue weighted by Crippen LogP contribution is -2.46. The van der Waals surface area contributed by atoms with Crippen molar-refractivity contribution >= 4 is 28.8 Å². The first-order chi connectivity index (χ1) is 11.7. The average Bonchev–Trinajstić information content (AvgIpc) is 3.44. The molecule has 2 aliphatic rings. The predicted octanol–water partition coefficient (Wildman–Crippen LogP) is 2.61. The van der Waals surface area contributed by atoms with Crippen molar-refractivity contribution in [3.8, 4) is 0 Å². The van der Waals surface area contributed by atoms with Gasteiger partial charge in [0.1, 0.15) is 5.78 Å². The summed E-state index contributed by atoms with van der Waals surface area (Å²) in [4.78, 5) is 35.0. The molecule has 1 aromatic heterocycles. The van der Waals surface area contributed by atoms with Crippen molar-refractivity contribution in [3.05, 3.63) is 42.2 Å². The van der Waals surface area contributed by atoms with E-state index in [1.807, 2.05) is 29.2 Å². The van der Waals surface area contributed by atoms with Gasteiger partial charge in [-0.1, -0.05) is 12.1 Å². The molecule has 2 aromatic rings. The number of para-hydroxylation sites is 2. The zero-order valence-electron chi connectivity index (χ0n) is 13.4. The third-order valence-corrected chi connectivity index (χ3v) is 4.78. The summed E-state index contributed by atoms with van der Waals surface area (Å²) < 4.78 is 0. The van der Waals surface area contributed by atoms with Gasteiger partial charge in [-0.25, -0.2) is 4.98 Å². The highest BCUT2D eigenvalue weighted by molar-refractivity contribution is 5.93. The van der Waals surface area contributed by atoms with Crippen LogP contribution in [0.4, 0.5) is 0 Å². The first-order valence-electron chi connectivity index (χ1n) is 8.43. The minimum absolute atomic E-state index is 0.0330. The van der Waals surface area contributed by atoms with Crippen LogP contribution in [0.3, 0.4) is 0 Å². The molecule has 1 saturated heterocycles. The van der Waals surface area contributed by atoms with Crippen LogP contribution < -0.4 is 0 Å². The first-order valence-corrected chi connectivity index (χ1v) is 8.43.